The van der Waals surface area contributed by atoms with E-state index in [4.69, 9.17) is 0 Å². The van der Waals surface area contributed by atoms with E-state index in [1.54, 1.807) is 0 Å². The number of hydrogen-bond acceptors (Lipinski definition) is 4. The molecule has 0 saturated carbocycles. The van der Waals surface area contributed by atoms with Crippen molar-refractivity contribution in [1.82, 2.24) is 9.97 Å². The van der Waals surface area contributed by atoms with E-state index in [0.717, 1.165) is 38.1 Å². The number of aryl methyl sites for hydroxylation is 1. The van der Waals surface area contributed by atoms with Gasteiger partial charge in [0.25, 0.3) is 0 Å². The first-order valence-electron chi connectivity index (χ1n) is 7.69. The number of nitrogens with zero attached hydrogens (tertiary/aromatic N) is 3. The van der Waals surface area contributed by atoms with Gasteiger partial charge in [-0.3, -0.25) is 0 Å². The molecule has 0 spiro atoms. The Hall–Kier alpha value is -2.45. The summed E-state index contributed by atoms with van der Waals surface area (Å²) in [7, 11) is 0. The van der Waals surface area contributed by atoms with Crippen LogP contribution in [0, 0.1) is 25.2 Å². The molecule has 4 nitrogen and oxygen atoms in total. The molecule has 1 heterocycles. The molecule has 0 aliphatic heterocycles. The highest BCUT2D eigenvalue weighted by Gasteiger charge is 2.14. The van der Waals surface area contributed by atoms with Gasteiger partial charge in [-0.25, -0.2) is 9.97 Å². The summed E-state index contributed by atoms with van der Waals surface area (Å²) < 4.78 is 0.987. The van der Waals surface area contributed by atoms with Crippen LogP contribution in [0.3, 0.4) is 0 Å². The van der Waals surface area contributed by atoms with Crippen molar-refractivity contribution in [2.24, 2.45) is 0 Å². The molecule has 0 unspecified atom stereocenters. The molecule has 0 bridgehead atoms. The van der Waals surface area contributed by atoms with Crippen LogP contribution in [0.4, 0.5) is 5.82 Å². The van der Waals surface area contributed by atoms with E-state index >= 15 is 0 Å². The van der Waals surface area contributed by atoms with Gasteiger partial charge >= 0.3 is 0 Å². The summed E-state index contributed by atoms with van der Waals surface area (Å²) in [6.45, 7) is 5.94. The molecule has 2 aromatic carbocycles. The molecule has 0 amide bonds. The van der Waals surface area contributed by atoms with Gasteiger partial charge in [0.15, 0.2) is 0 Å². The Morgan fingerprint density at radius 3 is 2.71 bits per heavy atom. The number of aromatic nitrogens is 2. The maximum atomic E-state index is 9.23. The Morgan fingerprint density at radius 2 is 1.96 bits per heavy atom. The van der Waals surface area contributed by atoms with Crippen LogP contribution >= 0.6 is 15.9 Å². The van der Waals surface area contributed by atoms with Gasteiger partial charge in [-0.05, 0) is 56.2 Å². The molecule has 1 atom stereocenters. The molecule has 5 heteroatoms. The number of benzene rings is 2. The van der Waals surface area contributed by atoms with E-state index in [1.165, 1.54) is 0 Å². The average Bonchev–Trinajstić information content (AvgIpc) is 2.55. The molecule has 1 aromatic heterocycles. The predicted molar refractivity (Wildman–Crippen MR) is 99.9 cm³/mol. The second kappa shape index (κ2) is 6.58. The molecule has 0 fully saturated rings. The minimum Gasteiger partial charge on any atom is -0.363 e. The third-order valence-electron chi connectivity index (χ3n) is 4.09. The minimum absolute atomic E-state index is 0.0229. The van der Waals surface area contributed by atoms with Gasteiger partial charge in [0, 0.05) is 9.86 Å². The summed E-state index contributed by atoms with van der Waals surface area (Å²) in [6, 6.07) is 14.0. The number of fused-ring (bicyclic) bond motifs is 1. The number of nitriles is 1. The Labute approximate surface area is 149 Å². The minimum atomic E-state index is 0.0229. The number of rotatable bonds is 3. The van der Waals surface area contributed by atoms with Gasteiger partial charge in [-0.15, -0.1) is 0 Å². The lowest BCUT2D eigenvalue weighted by atomic mass is 9.98. The number of anilines is 1. The predicted octanol–water partition coefficient (Wildman–Crippen LogP) is 5.05. The van der Waals surface area contributed by atoms with Gasteiger partial charge in [0.1, 0.15) is 11.6 Å². The fraction of sp³-hybridized carbons (Fsp3) is 0.211. The number of nitrogens with one attached hydrogen (secondary N) is 1. The lowest BCUT2D eigenvalue weighted by Gasteiger charge is -2.19. The summed E-state index contributed by atoms with van der Waals surface area (Å²) >= 11 is 3.51. The average molecular weight is 381 g/mol. The van der Waals surface area contributed by atoms with Crippen LogP contribution in [0.5, 0.6) is 0 Å². The third kappa shape index (κ3) is 3.10. The van der Waals surface area contributed by atoms with Crippen molar-refractivity contribution in [3.63, 3.8) is 0 Å². The third-order valence-corrected chi connectivity index (χ3v) is 4.58. The van der Waals surface area contributed by atoms with Crippen LogP contribution < -0.4 is 5.32 Å². The smallest absolute Gasteiger partial charge is 0.138 e. The van der Waals surface area contributed by atoms with Gasteiger partial charge < -0.3 is 5.32 Å². The van der Waals surface area contributed by atoms with Gasteiger partial charge in [-0.1, -0.05) is 28.1 Å². The zero-order valence-electron chi connectivity index (χ0n) is 13.8. The molecule has 120 valence electrons. The molecule has 3 aromatic rings. The van der Waals surface area contributed by atoms with Crippen molar-refractivity contribution < 1.29 is 0 Å². The lowest BCUT2D eigenvalue weighted by molar-refractivity contribution is 0.861. The Balaban J connectivity index is 2.04. The van der Waals surface area contributed by atoms with Gasteiger partial charge in [-0.2, -0.15) is 5.26 Å². The highest BCUT2D eigenvalue weighted by atomic mass is 79.9. The molecule has 0 aliphatic rings. The number of halogens is 1. The summed E-state index contributed by atoms with van der Waals surface area (Å²) in [6.07, 6.45) is 0. The first-order chi connectivity index (χ1) is 11.5. The molecule has 0 saturated heterocycles. The maximum Gasteiger partial charge on any atom is 0.138 e. The van der Waals surface area contributed by atoms with Crippen molar-refractivity contribution in [1.29, 1.82) is 5.26 Å². The highest BCUT2D eigenvalue weighted by Crippen LogP contribution is 2.28. The van der Waals surface area contributed by atoms with Crippen LogP contribution in [0.15, 0.2) is 40.9 Å². The van der Waals surface area contributed by atoms with Crippen LogP contribution in [-0.2, 0) is 0 Å². The number of hydrogen-bond donors (Lipinski definition) is 1. The molecule has 24 heavy (non-hydrogen) atoms. The van der Waals surface area contributed by atoms with Crippen molar-refractivity contribution in [2.75, 3.05) is 5.32 Å². The molecule has 0 aliphatic carbocycles. The summed E-state index contributed by atoms with van der Waals surface area (Å²) in [4.78, 5) is 9.06. The van der Waals surface area contributed by atoms with Crippen molar-refractivity contribution in [3.05, 3.63) is 63.4 Å². The van der Waals surface area contributed by atoms with Crippen molar-refractivity contribution in [3.8, 4) is 6.07 Å². The lowest BCUT2D eigenvalue weighted by Crippen LogP contribution is -2.11. The van der Waals surface area contributed by atoms with Gasteiger partial charge in [0.05, 0.1) is 23.2 Å². The Bertz CT molecular complexity index is 959. The first-order valence-corrected chi connectivity index (χ1v) is 8.49. The quantitative estimate of drug-likeness (QED) is 0.689. The van der Waals surface area contributed by atoms with Crippen LogP contribution in [0.25, 0.3) is 10.9 Å². The molecular formula is C19H17BrN4. The second-order valence-corrected chi connectivity index (χ2v) is 6.69. The fourth-order valence-electron chi connectivity index (χ4n) is 2.85. The van der Waals surface area contributed by atoms with E-state index in [0.29, 0.717) is 5.56 Å². The first kappa shape index (κ1) is 16.4. The largest absolute Gasteiger partial charge is 0.363 e. The summed E-state index contributed by atoms with van der Waals surface area (Å²) in [5.41, 5.74) is 3.69. The van der Waals surface area contributed by atoms with Crippen molar-refractivity contribution >= 4 is 32.7 Å². The van der Waals surface area contributed by atoms with E-state index in [9.17, 15) is 5.26 Å². The topological polar surface area (TPSA) is 61.6 Å². The highest BCUT2D eigenvalue weighted by molar-refractivity contribution is 9.10. The second-order valence-electron chi connectivity index (χ2n) is 5.78. The van der Waals surface area contributed by atoms with E-state index in [-0.39, 0.29) is 6.04 Å². The normalized spacial score (nSPS) is 12.0. The van der Waals surface area contributed by atoms with E-state index in [2.05, 4.69) is 44.2 Å². The van der Waals surface area contributed by atoms with Crippen LogP contribution in [0.2, 0.25) is 0 Å². The fourth-order valence-corrected chi connectivity index (χ4v) is 3.21. The van der Waals surface area contributed by atoms with Gasteiger partial charge in [0.2, 0.25) is 0 Å². The maximum absolute atomic E-state index is 9.23. The SMILES string of the molecule is Cc1nc(N[C@H](C)c2cccc(C#N)c2C)c2cc(Br)ccc2n1. The molecule has 1 N–H and O–H groups in total. The summed E-state index contributed by atoms with van der Waals surface area (Å²) in [5.74, 6) is 1.52. The van der Waals surface area contributed by atoms with Crippen LogP contribution in [0.1, 0.15) is 35.5 Å². The standard InChI is InChI=1S/C19H17BrN4/c1-11-14(10-21)5-4-6-16(11)12(2)22-19-17-9-15(20)7-8-18(17)23-13(3)24-19/h4-9,12H,1-3H3,(H,22,23,24)/t12-/m1/s1. The molecule has 0 radical (unpaired) electrons. The van der Waals surface area contributed by atoms with E-state index in [1.807, 2.05) is 50.2 Å². The van der Waals surface area contributed by atoms with Crippen LogP contribution in [-0.4, -0.2) is 9.97 Å². The zero-order valence-corrected chi connectivity index (χ0v) is 15.3. The molecule has 3 rings (SSSR count). The monoisotopic (exact) mass is 380 g/mol. The Morgan fingerprint density at radius 1 is 1.17 bits per heavy atom. The Kier molecular flexibility index (Phi) is 4.50. The molecular weight excluding hydrogens is 364 g/mol. The van der Waals surface area contributed by atoms with Crippen molar-refractivity contribution in [2.45, 2.75) is 26.8 Å². The zero-order chi connectivity index (χ0) is 17.3. The van der Waals surface area contributed by atoms with E-state index < -0.39 is 0 Å². The summed E-state index contributed by atoms with van der Waals surface area (Å²) in [5, 5.41) is 13.7.